The van der Waals surface area contributed by atoms with Gasteiger partial charge in [-0.2, -0.15) is 0 Å². The predicted molar refractivity (Wildman–Crippen MR) is 93.2 cm³/mol. The molecule has 8 nitrogen and oxygen atoms in total. The van der Waals surface area contributed by atoms with Crippen LogP contribution < -0.4 is 11.2 Å². The van der Waals surface area contributed by atoms with E-state index < -0.39 is 23.1 Å². The molecular formula is C17H19N3O5. The van der Waals surface area contributed by atoms with Gasteiger partial charge in [-0.3, -0.25) is 19.3 Å². The molecule has 0 radical (unpaired) electrons. The van der Waals surface area contributed by atoms with Gasteiger partial charge in [-0.1, -0.05) is 13.3 Å². The van der Waals surface area contributed by atoms with Crippen LogP contribution in [0.2, 0.25) is 0 Å². The summed E-state index contributed by atoms with van der Waals surface area (Å²) in [5.41, 5.74) is -0.722. The number of aromatic nitrogens is 2. The van der Waals surface area contributed by atoms with Crippen LogP contribution in [-0.2, 0) is 6.54 Å². The Kier molecular flexibility index (Phi) is 5.53. The predicted octanol–water partition coefficient (Wildman–Crippen LogP) is 1.88. The van der Waals surface area contributed by atoms with Crippen molar-refractivity contribution in [3.63, 3.8) is 0 Å². The maximum Gasteiger partial charge on any atom is 0.335 e. The number of carboxylic acids is 1. The van der Waals surface area contributed by atoms with E-state index in [9.17, 15) is 19.5 Å². The Morgan fingerprint density at radius 1 is 1.24 bits per heavy atom. The Morgan fingerprint density at radius 2 is 1.88 bits per heavy atom. The van der Waals surface area contributed by atoms with Gasteiger partial charge in [0.1, 0.15) is 5.56 Å². The van der Waals surface area contributed by atoms with Crippen molar-refractivity contribution < 1.29 is 15.0 Å². The maximum atomic E-state index is 12.1. The normalized spacial score (nSPS) is 11.5. The van der Waals surface area contributed by atoms with Crippen molar-refractivity contribution in [1.29, 1.82) is 0 Å². The number of hydrogen-bond donors (Lipinski definition) is 3. The lowest BCUT2D eigenvalue weighted by atomic mass is 10.2. The third-order valence-corrected chi connectivity index (χ3v) is 3.68. The third-order valence-electron chi connectivity index (χ3n) is 3.68. The number of carbonyl (C=O) groups is 1. The molecule has 0 amide bonds. The summed E-state index contributed by atoms with van der Waals surface area (Å²) in [7, 11) is 0. The monoisotopic (exact) mass is 345 g/mol. The minimum absolute atomic E-state index is 0.0852. The molecule has 0 bridgehead atoms. The molecule has 2 rings (SSSR count). The molecule has 0 saturated carbocycles. The van der Waals surface area contributed by atoms with Crippen LogP contribution in [0.1, 0.15) is 42.6 Å². The molecule has 0 aliphatic carbocycles. The van der Waals surface area contributed by atoms with Gasteiger partial charge in [-0.15, -0.1) is 0 Å². The number of H-pyrrole nitrogens is 1. The molecule has 3 N–H and O–H groups in total. The number of aromatic amines is 1. The summed E-state index contributed by atoms with van der Waals surface area (Å²) in [6.45, 7) is 3.76. The van der Waals surface area contributed by atoms with Crippen molar-refractivity contribution in [3.8, 4) is 5.88 Å². The molecule has 1 aromatic heterocycles. The van der Waals surface area contributed by atoms with Gasteiger partial charge < -0.3 is 10.2 Å². The Bertz CT molecular complexity index is 923. The molecule has 8 heteroatoms. The van der Waals surface area contributed by atoms with E-state index in [-0.39, 0.29) is 23.4 Å². The summed E-state index contributed by atoms with van der Waals surface area (Å²) in [5, 5.41) is 19.2. The van der Waals surface area contributed by atoms with Crippen molar-refractivity contribution in [1.82, 2.24) is 9.55 Å². The highest BCUT2D eigenvalue weighted by Gasteiger charge is 2.16. The maximum absolute atomic E-state index is 12.1. The smallest absolute Gasteiger partial charge is 0.335 e. The first kappa shape index (κ1) is 18.2. The zero-order valence-electron chi connectivity index (χ0n) is 13.9. The lowest BCUT2D eigenvalue weighted by Gasteiger charge is -2.10. The van der Waals surface area contributed by atoms with Crippen molar-refractivity contribution in [3.05, 3.63) is 56.2 Å². The summed E-state index contributed by atoms with van der Waals surface area (Å²) in [4.78, 5) is 41.2. The van der Waals surface area contributed by atoms with E-state index in [0.717, 1.165) is 11.0 Å². The molecule has 25 heavy (non-hydrogen) atoms. The first-order chi connectivity index (χ1) is 11.8. The summed E-state index contributed by atoms with van der Waals surface area (Å²) in [6, 6.07) is 5.76. The molecule has 0 spiro atoms. The van der Waals surface area contributed by atoms with Crippen LogP contribution in [0.4, 0.5) is 5.69 Å². The van der Waals surface area contributed by atoms with Gasteiger partial charge in [0.15, 0.2) is 0 Å². The molecule has 0 saturated heterocycles. The largest absolute Gasteiger partial charge is 0.494 e. The van der Waals surface area contributed by atoms with Crippen LogP contribution in [0, 0.1) is 0 Å². The number of benzene rings is 1. The first-order valence-corrected chi connectivity index (χ1v) is 7.80. The van der Waals surface area contributed by atoms with Gasteiger partial charge in [0.25, 0.3) is 5.56 Å². The van der Waals surface area contributed by atoms with Crippen LogP contribution in [-0.4, -0.2) is 31.4 Å². The summed E-state index contributed by atoms with van der Waals surface area (Å²) in [6.07, 6.45) is 1.50. The average Bonchev–Trinajstić information content (AvgIpc) is 2.54. The number of unbranched alkanes of at least 4 members (excludes halogenated alkanes) is 1. The van der Waals surface area contributed by atoms with Crippen LogP contribution in [0.15, 0.2) is 38.8 Å². The van der Waals surface area contributed by atoms with Gasteiger partial charge in [-0.05, 0) is 37.6 Å². The van der Waals surface area contributed by atoms with Crippen LogP contribution >= 0.6 is 0 Å². The molecule has 0 atom stereocenters. The van der Waals surface area contributed by atoms with Crippen molar-refractivity contribution in [2.45, 2.75) is 33.2 Å². The lowest BCUT2D eigenvalue weighted by molar-refractivity contribution is 0.0697. The molecule has 0 aliphatic heterocycles. The number of nitrogens with one attached hydrogen (secondary N) is 1. The molecule has 1 aromatic carbocycles. The standard InChI is InChI=1S/C17H19N3O5/c1-3-4-9-20-15(22)13(14(21)19-17(20)25)10(2)18-12-7-5-11(6-8-12)16(23)24/h5-8,22H,3-4,9H2,1-2H3,(H,23,24)(H,19,21,25). The minimum atomic E-state index is -1.05. The lowest BCUT2D eigenvalue weighted by Crippen LogP contribution is -2.33. The van der Waals surface area contributed by atoms with E-state index in [1.165, 1.54) is 31.2 Å². The van der Waals surface area contributed by atoms with Gasteiger partial charge in [0.2, 0.25) is 5.88 Å². The summed E-state index contributed by atoms with van der Waals surface area (Å²) >= 11 is 0. The Hall–Kier alpha value is -3.16. The Balaban J connectivity index is 2.47. The van der Waals surface area contributed by atoms with E-state index in [1.807, 2.05) is 6.92 Å². The number of aliphatic imine (C=N–C) groups is 1. The van der Waals surface area contributed by atoms with E-state index in [2.05, 4.69) is 9.98 Å². The van der Waals surface area contributed by atoms with E-state index in [0.29, 0.717) is 12.1 Å². The second-order valence-electron chi connectivity index (χ2n) is 5.51. The van der Waals surface area contributed by atoms with Gasteiger partial charge in [-0.25, -0.2) is 9.59 Å². The highest BCUT2D eigenvalue weighted by atomic mass is 16.4. The second kappa shape index (κ2) is 7.61. The van der Waals surface area contributed by atoms with Crippen LogP contribution in [0.3, 0.4) is 0 Å². The molecule has 0 aliphatic rings. The highest BCUT2D eigenvalue weighted by molar-refractivity contribution is 6.01. The number of hydrogen-bond acceptors (Lipinski definition) is 5. The van der Waals surface area contributed by atoms with Gasteiger partial charge >= 0.3 is 11.7 Å². The Morgan fingerprint density at radius 3 is 2.44 bits per heavy atom. The van der Waals surface area contributed by atoms with Gasteiger partial charge in [0.05, 0.1) is 17.0 Å². The van der Waals surface area contributed by atoms with E-state index >= 15 is 0 Å². The zero-order valence-corrected chi connectivity index (χ0v) is 13.9. The topological polar surface area (TPSA) is 125 Å². The first-order valence-electron chi connectivity index (χ1n) is 7.80. The van der Waals surface area contributed by atoms with E-state index in [1.54, 1.807) is 0 Å². The number of nitrogens with zero attached hydrogens (tertiary/aromatic N) is 2. The number of carboxylic acid groups (broad SMARTS) is 1. The summed E-state index contributed by atoms with van der Waals surface area (Å²) < 4.78 is 1.10. The fourth-order valence-electron chi connectivity index (χ4n) is 2.34. The molecule has 132 valence electrons. The second-order valence-corrected chi connectivity index (χ2v) is 5.51. The number of aromatic carboxylic acids is 1. The van der Waals surface area contributed by atoms with Crippen molar-refractivity contribution >= 4 is 17.4 Å². The number of rotatable bonds is 6. The highest BCUT2D eigenvalue weighted by Crippen LogP contribution is 2.18. The third kappa shape index (κ3) is 4.03. The van der Waals surface area contributed by atoms with Crippen LogP contribution in [0.5, 0.6) is 5.88 Å². The molecule has 1 heterocycles. The van der Waals surface area contributed by atoms with Crippen molar-refractivity contribution in [2.24, 2.45) is 4.99 Å². The SMILES string of the molecule is CCCCn1c(O)c(C(C)=Nc2ccc(C(=O)O)cc2)c(=O)[nH]c1=O. The average molecular weight is 345 g/mol. The number of aromatic hydroxyl groups is 1. The fraction of sp³-hybridized carbons (Fsp3) is 0.294. The van der Waals surface area contributed by atoms with E-state index in [4.69, 9.17) is 5.11 Å². The molecular weight excluding hydrogens is 326 g/mol. The molecule has 0 fully saturated rings. The fourth-order valence-corrected chi connectivity index (χ4v) is 2.34. The zero-order chi connectivity index (χ0) is 18.6. The van der Waals surface area contributed by atoms with Gasteiger partial charge in [0, 0.05) is 6.54 Å². The Labute approximate surface area is 143 Å². The quantitative estimate of drug-likeness (QED) is 0.689. The molecule has 0 unspecified atom stereocenters. The minimum Gasteiger partial charge on any atom is -0.494 e. The molecule has 2 aromatic rings. The van der Waals surface area contributed by atoms with Crippen LogP contribution in [0.25, 0.3) is 0 Å². The summed E-state index contributed by atoms with van der Waals surface area (Å²) in [5.74, 6) is -1.48. The van der Waals surface area contributed by atoms with Crippen molar-refractivity contribution in [2.75, 3.05) is 0 Å².